The molecule has 16 heavy (non-hydrogen) atoms. The van der Waals surface area contributed by atoms with Gasteiger partial charge in [-0.3, -0.25) is 9.48 Å². The van der Waals surface area contributed by atoms with Gasteiger partial charge < -0.3 is 0 Å². The normalized spacial score (nSPS) is 10.3. The summed E-state index contributed by atoms with van der Waals surface area (Å²) in [5.41, 5.74) is 2.65. The van der Waals surface area contributed by atoms with Crippen LogP contribution in [0.2, 0.25) is 0 Å². The molecule has 0 aliphatic heterocycles. The third-order valence-corrected chi connectivity index (χ3v) is 2.48. The summed E-state index contributed by atoms with van der Waals surface area (Å²) in [6.07, 6.45) is 5.72. The van der Waals surface area contributed by atoms with E-state index in [1.807, 2.05) is 35.1 Å². The Labute approximate surface area is 94.7 Å². The molecule has 2 aromatic rings. The lowest BCUT2D eigenvalue weighted by Crippen LogP contribution is -1.95. The van der Waals surface area contributed by atoms with Crippen molar-refractivity contribution in [3.63, 3.8) is 0 Å². The zero-order valence-corrected chi connectivity index (χ0v) is 9.26. The largest absolute Gasteiger partial charge is 0.298 e. The zero-order chi connectivity index (χ0) is 11.4. The second kappa shape index (κ2) is 4.75. The first-order valence-corrected chi connectivity index (χ1v) is 5.42. The molecule has 0 amide bonds. The third-order valence-electron chi connectivity index (χ3n) is 2.48. The molecule has 0 fully saturated rings. The van der Waals surface area contributed by atoms with Gasteiger partial charge in [-0.05, 0) is 12.0 Å². The van der Waals surface area contributed by atoms with Gasteiger partial charge in [0.05, 0.1) is 6.20 Å². The van der Waals surface area contributed by atoms with Crippen molar-refractivity contribution < 1.29 is 4.79 Å². The van der Waals surface area contributed by atoms with Crippen LogP contribution in [0.4, 0.5) is 0 Å². The molecule has 0 unspecified atom stereocenters. The molecular formula is C13H14N2O. The quantitative estimate of drug-likeness (QED) is 0.733. The van der Waals surface area contributed by atoms with Gasteiger partial charge in [-0.25, -0.2) is 0 Å². The van der Waals surface area contributed by atoms with E-state index in [2.05, 4.69) is 12.0 Å². The predicted molar refractivity (Wildman–Crippen MR) is 63.3 cm³/mol. The number of aryl methyl sites for hydroxylation is 1. The minimum atomic E-state index is 0.707. The average Bonchev–Trinajstić information content (AvgIpc) is 2.78. The first-order valence-electron chi connectivity index (χ1n) is 5.42. The monoisotopic (exact) mass is 214 g/mol. The summed E-state index contributed by atoms with van der Waals surface area (Å²) in [7, 11) is 0. The molecule has 0 aliphatic carbocycles. The second-order valence-corrected chi connectivity index (χ2v) is 3.70. The summed E-state index contributed by atoms with van der Waals surface area (Å²) in [6.45, 7) is 3.02. The summed E-state index contributed by atoms with van der Waals surface area (Å²) in [4.78, 5) is 10.9. The van der Waals surface area contributed by atoms with Gasteiger partial charge in [-0.1, -0.05) is 31.2 Å². The second-order valence-electron chi connectivity index (χ2n) is 3.70. The molecule has 0 aliphatic rings. The Bertz CT molecular complexity index is 488. The summed E-state index contributed by atoms with van der Waals surface area (Å²) < 4.78 is 1.90. The highest BCUT2D eigenvalue weighted by Crippen LogP contribution is 2.21. The number of hydrogen-bond donors (Lipinski definition) is 0. The van der Waals surface area contributed by atoms with Crippen molar-refractivity contribution in [2.75, 3.05) is 0 Å². The highest BCUT2D eigenvalue weighted by atomic mass is 16.1. The number of carbonyl (C=O) groups is 1. The van der Waals surface area contributed by atoms with Crippen molar-refractivity contribution in [3.05, 3.63) is 42.2 Å². The van der Waals surface area contributed by atoms with E-state index in [-0.39, 0.29) is 0 Å². The van der Waals surface area contributed by atoms with Crippen molar-refractivity contribution in [3.8, 4) is 11.1 Å². The van der Waals surface area contributed by atoms with Gasteiger partial charge >= 0.3 is 0 Å². The van der Waals surface area contributed by atoms with E-state index in [9.17, 15) is 4.79 Å². The Morgan fingerprint density at radius 2 is 2.19 bits per heavy atom. The lowest BCUT2D eigenvalue weighted by Gasteiger charge is -2.00. The van der Waals surface area contributed by atoms with Crippen LogP contribution in [0.5, 0.6) is 0 Å². The highest BCUT2D eigenvalue weighted by molar-refractivity contribution is 5.87. The minimum Gasteiger partial charge on any atom is -0.298 e. The van der Waals surface area contributed by atoms with E-state index in [1.54, 1.807) is 6.20 Å². The maximum Gasteiger partial charge on any atom is 0.150 e. The van der Waals surface area contributed by atoms with Crippen LogP contribution in [-0.4, -0.2) is 16.1 Å². The van der Waals surface area contributed by atoms with E-state index >= 15 is 0 Å². The lowest BCUT2D eigenvalue weighted by molar-refractivity contribution is 0.112. The van der Waals surface area contributed by atoms with Gasteiger partial charge in [0, 0.05) is 23.9 Å². The zero-order valence-electron chi connectivity index (χ0n) is 9.26. The van der Waals surface area contributed by atoms with Gasteiger partial charge in [-0.15, -0.1) is 0 Å². The molecule has 3 heteroatoms. The van der Waals surface area contributed by atoms with Crippen molar-refractivity contribution in [1.29, 1.82) is 0 Å². The number of aldehydes is 1. The maximum absolute atomic E-state index is 10.9. The lowest BCUT2D eigenvalue weighted by atomic mass is 10.0. The topological polar surface area (TPSA) is 34.9 Å². The van der Waals surface area contributed by atoms with E-state index in [0.717, 1.165) is 30.4 Å². The molecule has 0 saturated heterocycles. The maximum atomic E-state index is 10.9. The summed E-state index contributed by atoms with van der Waals surface area (Å²) in [5, 5.41) is 4.26. The Hall–Kier alpha value is -1.90. The first-order chi connectivity index (χ1) is 7.85. The van der Waals surface area contributed by atoms with E-state index < -0.39 is 0 Å². The molecule has 0 N–H and O–H groups in total. The smallest absolute Gasteiger partial charge is 0.150 e. The van der Waals surface area contributed by atoms with E-state index in [4.69, 9.17) is 0 Å². The van der Waals surface area contributed by atoms with E-state index in [0.29, 0.717) is 5.56 Å². The van der Waals surface area contributed by atoms with Crippen LogP contribution in [0.1, 0.15) is 23.7 Å². The Balaban J connectivity index is 2.38. The SMILES string of the molecule is CCCn1cc(-c2ccccc2C=O)cn1. The highest BCUT2D eigenvalue weighted by Gasteiger charge is 2.05. The molecule has 0 saturated carbocycles. The standard InChI is InChI=1S/C13H14N2O/c1-2-7-15-9-12(8-14-15)13-6-4-3-5-11(13)10-16/h3-6,8-10H,2,7H2,1H3. The Morgan fingerprint density at radius 1 is 1.38 bits per heavy atom. The minimum absolute atomic E-state index is 0.707. The Morgan fingerprint density at radius 3 is 2.94 bits per heavy atom. The molecule has 0 spiro atoms. The molecule has 0 atom stereocenters. The fraction of sp³-hybridized carbons (Fsp3) is 0.231. The summed E-state index contributed by atoms with van der Waals surface area (Å²) in [6, 6.07) is 7.56. The van der Waals surface area contributed by atoms with Gasteiger partial charge in [0.2, 0.25) is 0 Å². The molecule has 0 bridgehead atoms. The number of nitrogens with zero attached hydrogens (tertiary/aromatic N) is 2. The van der Waals surface area contributed by atoms with Gasteiger partial charge in [0.25, 0.3) is 0 Å². The summed E-state index contributed by atoms with van der Waals surface area (Å²) in [5.74, 6) is 0. The molecular weight excluding hydrogens is 200 g/mol. The van der Waals surface area contributed by atoms with Gasteiger partial charge in [0.1, 0.15) is 0 Å². The van der Waals surface area contributed by atoms with Crippen molar-refractivity contribution >= 4 is 6.29 Å². The molecule has 2 rings (SSSR count). The Kier molecular flexibility index (Phi) is 3.15. The van der Waals surface area contributed by atoms with E-state index in [1.165, 1.54) is 0 Å². The van der Waals surface area contributed by atoms with Crippen molar-refractivity contribution in [2.45, 2.75) is 19.9 Å². The van der Waals surface area contributed by atoms with Crippen molar-refractivity contribution in [1.82, 2.24) is 9.78 Å². The third kappa shape index (κ3) is 2.03. The molecule has 82 valence electrons. The van der Waals surface area contributed by atoms with Crippen LogP contribution in [0.15, 0.2) is 36.7 Å². The van der Waals surface area contributed by atoms with Crippen LogP contribution in [0.25, 0.3) is 11.1 Å². The van der Waals surface area contributed by atoms with Gasteiger partial charge in [0.15, 0.2) is 6.29 Å². The van der Waals surface area contributed by atoms with Gasteiger partial charge in [-0.2, -0.15) is 5.10 Å². The number of benzene rings is 1. The molecule has 1 aromatic heterocycles. The molecule has 1 aromatic carbocycles. The van der Waals surface area contributed by atoms with Crippen LogP contribution in [0.3, 0.4) is 0 Å². The average molecular weight is 214 g/mol. The number of hydrogen-bond acceptors (Lipinski definition) is 2. The molecule has 3 nitrogen and oxygen atoms in total. The van der Waals surface area contributed by atoms with Crippen molar-refractivity contribution in [2.24, 2.45) is 0 Å². The molecule has 0 radical (unpaired) electrons. The number of carbonyl (C=O) groups excluding carboxylic acids is 1. The van der Waals surface area contributed by atoms with Crippen LogP contribution >= 0.6 is 0 Å². The van der Waals surface area contributed by atoms with Crippen LogP contribution in [0, 0.1) is 0 Å². The van der Waals surface area contributed by atoms with Crippen LogP contribution in [-0.2, 0) is 6.54 Å². The molecule has 1 heterocycles. The first kappa shape index (κ1) is 10.6. The number of aromatic nitrogens is 2. The number of rotatable bonds is 4. The fourth-order valence-corrected chi connectivity index (χ4v) is 1.72. The van der Waals surface area contributed by atoms with Crippen LogP contribution < -0.4 is 0 Å². The predicted octanol–water partition coefficient (Wildman–Crippen LogP) is 2.77. The fourth-order valence-electron chi connectivity index (χ4n) is 1.72. The summed E-state index contributed by atoms with van der Waals surface area (Å²) >= 11 is 0.